The number of aliphatic imine (C=N–C) groups is 2. The number of anilines is 1. The molecule has 0 aromatic heterocycles. The van der Waals surface area contributed by atoms with Crippen molar-refractivity contribution in [1.82, 2.24) is 0 Å². The van der Waals surface area contributed by atoms with Gasteiger partial charge in [-0.25, -0.2) is 13.8 Å². The largest absolute Gasteiger partial charge is 0.452 e. The predicted octanol–water partition coefficient (Wildman–Crippen LogP) is 2.86. The van der Waals surface area contributed by atoms with Crippen molar-refractivity contribution in [3.8, 4) is 0 Å². The van der Waals surface area contributed by atoms with Crippen molar-refractivity contribution in [1.29, 1.82) is 0 Å². The number of carbonyl (C=O) groups is 1. The molecule has 3 N–H and O–H groups in total. The van der Waals surface area contributed by atoms with Crippen LogP contribution in [-0.2, 0) is 19.8 Å². The lowest BCUT2D eigenvalue weighted by molar-refractivity contribution is -0.247. The summed E-state index contributed by atoms with van der Waals surface area (Å²) < 4.78 is 70.3. The number of amidine groups is 1. The fourth-order valence-electron chi connectivity index (χ4n) is 4.20. The molecule has 3 aliphatic heterocycles. The average Bonchev–Trinajstić information content (AvgIpc) is 2.75. The monoisotopic (exact) mass is 454 g/mol. The van der Waals surface area contributed by atoms with E-state index in [1.54, 1.807) is 0 Å². The van der Waals surface area contributed by atoms with Gasteiger partial charge in [0.15, 0.2) is 17.3 Å². The first-order valence-electron chi connectivity index (χ1n) is 10.0. The van der Waals surface area contributed by atoms with E-state index in [4.69, 9.17) is 15.2 Å². The Morgan fingerprint density at radius 1 is 1.25 bits per heavy atom. The van der Waals surface area contributed by atoms with Crippen LogP contribution in [0.5, 0.6) is 0 Å². The number of nitrogens with one attached hydrogen (secondary N) is 1. The summed E-state index contributed by atoms with van der Waals surface area (Å²) in [5, 5.41) is 2.49. The van der Waals surface area contributed by atoms with Crippen molar-refractivity contribution in [3.63, 3.8) is 0 Å². The number of nitrogens with zero attached hydrogens (tertiary/aromatic N) is 2. The van der Waals surface area contributed by atoms with Crippen LogP contribution in [0.4, 0.5) is 23.2 Å². The zero-order chi connectivity index (χ0) is 23.1. The minimum Gasteiger partial charge on any atom is -0.452 e. The number of amides is 1. The maximum Gasteiger partial charge on any atom is 0.315 e. The van der Waals surface area contributed by atoms with Gasteiger partial charge in [-0.2, -0.15) is 8.78 Å². The van der Waals surface area contributed by atoms with Gasteiger partial charge in [0.25, 0.3) is 11.9 Å². The van der Waals surface area contributed by atoms with Gasteiger partial charge in [-0.05, 0) is 31.2 Å². The highest BCUT2D eigenvalue weighted by atomic mass is 19.3. The third-order valence-electron chi connectivity index (χ3n) is 6.01. The van der Waals surface area contributed by atoms with Crippen LogP contribution in [0.1, 0.15) is 25.3 Å². The highest BCUT2D eigenvalue weighted by molar-refractivity contribution is 5.97. The summed E-state index contributed by atoms with van der Waals surface area (Å²) in [6, 6.07) is 1.81. The number of rotatable bonds is 3. The molecule has 3 unspecified atom stereocenters. The Hall–Kier alpha value is -2.95. The van der Waals surface area contributed by atoms with Crippen molar-refractivity contribution in [2.24, 2.45) is 15.7 Å². The number of halogens is 4. The van der Waals surface area contributed by atoms with E-state index in [9.17, 15) is 13.6 Å². The van der Waals surface area contributed by atoms with Crippen LogP contribution in [0.2, 0.25) is 0 Å². The van der Waals surface area contributed by atoms with E-state index in [-0.39, 0.29) is 31.7 Å². The summed E-state index contributed by atoms with van der Waals surface area (Å²) in [5.41, 5.74) is 0.957. The van der Waals surface area contributed by atoms with Crippen LogP contribution < -0.4 is 11.1 Å². The minimum atomic E-state index is -3.65. The van der Waals surface area contributed by atoms with Crippen LogP contribution in [0.3, 0.4) is 0 Å². The van der Waals surface area contributed by atoms with Crippen molar-refractivity contribution in [2.45, 2.75) is 49.0 Å². The number of allylic oxidation sites excluding steroid dienone is 1. The zero-order valence-electron chi connectivity index (χ0n) is 17.2. The molecule has 3 heterocycles. The molecule has 3 aliphatic rings. The summed E-state index contributed by atoms with van der Waals surface area (Å²) in [4.78, 5) is 20.0. The topological polar surface area (TPSA) is 98.3 Å². The Labute approximate surface area is 181 Å². The van der Waals surface area contributed by atoms with Gasteiger partial charge in [0.2, 0.25) is 0 Å². The van der Waals surface area contributed by atoms with Crippen LogP contribution in [0, 0.1) is 5.82 Å². The van der Waals surface area contributed by atoms with E-state index in [1.165, 1.54) is 18.2 Å². The minimum absolute atomic E-state index is 0.0344. The van der Waals surface area contributed by atoms with E-state index < -0.39 is 52.6 Å². The molecule has 0 radical (unpaired) electrons. The Morgan fingerprint density at radius 2 is 1.97 bits per heavy atom. The van der Waals surface area contributed by atoms with Crippen molar-refractivity contribution >= 4 is 23.8 Å². The van der Waals surface area contributed by atoms with Crippen LogP contribution in [0.15, 0.2) is 40.3 Å². The normalized spacial score (nSPS) is 30.5. The fourth-order valence-corrected chi connectivity index (χ4v) is 4.20. The summed E-state index contributed by atoms with van der Waals surface area (Å²) in [6.07, 6.45) is 1.75. The average molecular weight is 454 g/mol. The summed E-state index contributed by atoms with van der Waals surface area (Å²) >= 11 is 0. The first-order valence-corrected chi connectivity index (χ1v) is 10.0. The maximum absolute atomic E-state index is 15.9. The van der Waals surface area contributed by atoms with Crippen LogP contribution >= 0.6 is 0 Å². The summed E-state index contributed by atoms with van der Waals surface area (Å²) in [7, 11) is 0. The highest BCUT2D eigenvalue weighted by Gasteiger charge is 2.70. The number of hydrogen-bond acceptors (Lipinski definition) is 6. The zero-order valence-corrected chi connectivity index (χ0v) is 17.2. The quantitative estimate of drug-likeness (QED) is 0.542. The van der Waals surface area contributed by atoms with Gasteiger partial charge in [-0.1, -0.05) is 6.08 Å². The summed E-state index contributed by atoms with van der Waals surface area (Å²) in [6.45, 7) is 1.15. The van der Waals surface area contributed by atoms with Gasteiger partial charge in [0, 0.05) is 30.3 Å². The third-order valence-corrected chi connectivity index (χ3v) is 6.01. The molecule has 1 aromatic carbocycles. The lowest BCUT2D eigenvalue weighted by atomic mass is 9.72. The Morgan fingerprint density at radius 3 is 2.62 bits per heavy atom. The lowest BCUT2D eigenvalue weighted by Crippen LogP contribution is -2.66. The molecule has 1 amide bonds. The molecular weight excluding hydrogens is 432 g/mol. The Kier molecular flexibility index (Phi) is 5.48. The van der Waals surface area contributed by atoms with E-state index in [0.29, 0.717) is 0 Å². The van der Waals surface area contributed by atoms with Crippen molar-refractivity contribution in [2.75, 3.05) is 18.5 Å². The van der Waals surface area contributed by atoms with Crippen LogP contribution in [-0.4, -0.2) is 55.1 Å². The van der Waals surface area contributed by atoms with Gasteiger partial charge in [0.1, 0.15) is 11.9 Å². The number of carbonyl (C=O) groups excluding carboxylic acids is 1. The molecule has 11 heteroatoms. The van der Waals surface area contributed by atoms with Crippen molar-refractivity contribution in [3.05, 3.63) is 41.7 Å². The van der Waals surface area contributed by atoms with E-state index in [2.05, 4.69) is 15.3 Å². The van der Waals surface area contributed by atoms with Gasteiger partial charge in [-0.15, -0.1) is 0 Å². The molecule has 32 heavy (non-hydrogen) atoms. The molecule has 0 aliphatic carbocycles. The molecule has 1 fully saturated rings. The number of ether oxygens (including phenoxy) is 2. The second-order valence-electron chi connectivity index (χ2n) is 8.06. The Balaban J connectivity index is 1.69. The number of nitrogens with two attached hydrogens (primary N) is 1. The molecule has 0 bridgehead atoms. The number of alkyl halides is 3. The summed E-state index contributed by atoms with van der Waals surface area (Å²) in [5.74, 6) is -5.22. The second-order valence-corrected chi connectivity index (χ2v) is 8.06. The fraction of sp³-hybridized carbons (Fsp3) is 0.476. The first-order chi connectivity index (χ1) is 15.1. The molecule has 4 rings (SSSR count). The number of dihydropyridines is 1. The van der Waals surface area contributed by atoms with Crippen molar-refractivity contribution < 1.29 is 31.8 Å². The highest BCUT2D eigenvalue weighted by Crippen LogP contribution is 2.55. The smallest absolute Gasteiger partial charge is 0.315 e. The Bertz CT molecular complexity index is 993. The maximum atomic E-state index is 15.9. The molecule has 0 saturated carbocycles. The van der Waals surface area contributed by atoms with Crippen LogP contribution in [0.25, 0.3) is 0 Å². The molecular formula is C21H22F4N4O3. The molecule has 172 valence electrons. The van der Waals surface area contributed by atoms with E-state index >= 15 is 8.78 Å². The first kappa shape index (κ1) is 22.3. The molecule has 7 nitrogen and oxygen atoms in total. The van der Waals surface area contributed by atoms with E-state index in [0.717, 1.165) is 25.3 Å². The number of hydrogen-bond donors (Lipinski definition) is 2. The lowest BCUT2D eigenvalue weighted by Gasteiger charge is -2.51. The predicted molar refractivity (Wildman–Crippen MR) is 109 cm³/mol. The molecule has 1 saturated heterocycles. The molecule has 1 aromatic rings. The van der Waals surface area contributed by atoms with E-state index in [1.807, 2.05) is 0 Å². The number of benzene rings is 1. The second kappa shape index (κ2) is 7.88. The van der Waals surface area contributed by atoms with Gasteiger partial charge >= 0.3 is 5.92 Å². The SMILES string of the molecule is CC1(c2cc(NC(=O)C3C=CC(F)C=N3)ccc2F)N=C(N)OC2(CCOCC2)C1(F)F. The third kappa shape index (κ3) is 3.54. The van der Waals surface area contributed by atoms with Gasteiger partial charge < -0.3 is 20.5 Å². The van der Waals surface area contributed by atoms with Gasteiger partial charge in [0.05, 0.1) is 13.2 Å². The van der Waals surface area contributed by atoms with Gasteiger partial charge in [-0.3, -0.25) is 9.79 Å². The molecule has 3 atom stereocenters. The molecule has 1 spiro atoms. The standard InChI is InChI=1S/C21H22F4N4O3/c1-19(21(24,25)20(32-18(26)29-19)6-8-31-9-7-20)14-10-13(3-4-15(14)23)28-17(30)16-5-2-12(22)11-27-16/h2-5,10-12,16H,6-9H2,1H3,(H2,26,29)(H,28,30).